The Kier molecular flexibility index (Phi) is 14.7. The quantitative estimate of drug-likeness (QED) is 0.117. The Morgan fingerprint density at radius 2 is 1.59 bits per heavy atom. The predicted molar refractivity (Wildman–Crippen MR) is 204 cm³/mol. The number of hydrogen-bond donors (Lipinski definition) is 2. The monoisotopic (exact) mass is 774 g/mol. The van der Waals surface area contributed by atoms with Crippen LogP contribution in [0.4, 0.5) is 17.1 Å². The maximum absolute atomic E-state index is 13.2. The summed E-state index contributed by atoms with van der Waals surface area (Å²) in [4.78, 5) is 30.7. The van der Waals surface area contributed by atoms with Crippen LogP contribution < -0.4 is 11.1 Å². The van der Waals surface area contributed by atoms with Gasteiger partial charge in [0.2, 0.25) is 0 Å². The van der Waals surface area contributed by atoms with Gasteiger partial charge in [-0.3, -0.25) is 14.6 Å². The van der Waals surface area contributed by atoms with E-state index in [1.807, 2.05) is 30.3 Å². The third kappa shape index (κ3) is 11.3. The Morgan fingerprint density at radius 3 is 2.24 bits per heavy atom. The van der Waals surface area contributed by atoms with Crippen LogP contribution in [0.5, 0.6) is 0 Å². The first kappa shape index (κ1) is 39.0. The summed E-state index contributed by atoms with van der Waals surface area (Å²) in [6.07, 6.45) is 6.30. The standard InChI is InChI=1S/C38H49BrCl2N4O4/c1-5-44(29-13-7-6-8-14-29)25-28-22-27(23-30(39)35(28)42)37(47)49-21-19-45(38(2,3)4)18-20-48-34(46)24-26-12-9-10-17-33(26)43-36-31(40)15-11-16-32(36)41/h9-12,15-17,22-23,29,43H,5-8,13-14,18-21,24-25,42H2,1-4H3. The van der Waals surface area contributed by atoms with Crippen LogP contribution in [0.1, 0.15) is 81.3 Å². The summed E-state index contributed by atoms with van der Waals surface area (Å²) >= 11 is 16.2. The van der Waals surface area contributed by atoms with Crippen LogP contribution in [0, 0.1) is 0 Å². The maximum atomic E-state index is 13.2. The number of esters is 2. The summed E-state index contributed by atoms with van der Waals surface area (Å²) in [5.74, 6) is -0.747. The average Bonchev–Trinajstić information content (AvgIpc) is 3.06. The number of halogens is 3. The van der Waals surface area contributed by atoms with E-state index >= 15 is 0 Å². The molecule has 3 N–H and O–H groups in total. The Balaban J connectivity index is 1.29. The van der Waals surface area contributed by atoms with Gasteiger partial charge in [0, 0.05) is 41.4 Å². The smallest absolute Gasteiger partial charge is 0.338 e. The number of ether oxygens (including phenoxy) is 2. The lowest BCUT2D eigenvalue weighted by Gasteiger charge is -2.35. The molecule has 0 heterocycles. The molecule has 0 saturated heterocycles. The molecule has 0 spiro atoms. The van der Waals surface area contributed by atoms with E-state index < -0.39 is 5.97 Å². The molecule has 0 atom stereocenters. The zero-order valence-electron chi connectivity index (χ0n) is 29.0. The number of nitrogens with zero attached hydrogens (tertiary/aromatic N) is 2. The molecule has 49 heavy (non-hydrogen) atoms. The summed E-state index contributed by atoms with van der Waals surface area (Å²) < 4.78 is 12.1. The minimum Gasteiger partial charge on any atom is -0.464 e. The number of nitrogens with one attached hydrogen (secondary N) is 1. The Hall–Kier alpha value is -2.82. The molecule has 3 aromatic rings. The second kappa shape index (κ2) is 18.4. The SMILES string of the molecule is CCN(Cc1cc(C(=O)OCCN(CCOC(=O)Cc2ccccc2Nc2c(Cl)cccc2Cl)C(C)(C)C)cc(Br)c1N)C1CCCCC1. The highest BCUT2D eigenvalue weighted by atomic mass is 79.9. The van der Waals surface area contributed by atoms with Crippen LogP contribution in [0.15, 0.2) is 59.1 Å². The van der Waals surface area contributed by atoms with Gasteiger partial charge in [0.1, 0.15) is 13.2 Å². The van der Waals surface area contributed by atoms with E-state index in [0.717, 1.165) is 23.4 Å². The fraction of sp³-hybridized carbons (Fsp3) is 0.474. The minimum atomic E-state index is -0.395. The zero-order chi connectivity index (χ0) is 35.6. The summed E-state index contributed by atoms with van der Waals surface area (Å²) in [6.45, 7) is 11.4. The first-order valence-electron chi connectivity index (χ1n) is 17.1. The van der Waals surface area contributed by atoms with Gasteiger partial charge < -0.3 is 20.5 Å². The first-order chi connectivity index (χ1) is 23.4. The molecule has 0 radical (unpaired) electrons. The number of benzene rings is 3. The molecule has 0 aromatic heterocycles. The van der Waals surface area contributed by atoms with Gasteiger partial charge in [0.15, 0.2) is 0 Å². The van der Waals surface area contributed by atoms with E-state index in [-0.39, 0.29) is 31.1 Å². The van der Waals surface area contributed by atoms with Crippen LogP contribution in [-0.2, 0) is 27.2 Å². The molecule has 11 heteroatoms. The Labute approximate surface area is 309 Å². The second-order valence-corrected chi connectivity index (χ2v) is 15.1. The number of rotatable bonds is 15. The molecule has 0 aliphatic heterocycles. The molecule has 1 aliphatic carbocycles. The fourth-order valence-corrected chi connectivity index (χ4v) is 7.22. The van der Waals surface area contributed by atoms with Gasteiger partial charge in [-0.05, 0) is 97.5 Å². The van der Waals surface area contributed by atoms with Crippen LogP contribution in [-0.4, -0.2) is 66.2 Å². The molecule has 4 rings (SSSR count). The largest absolute Gasteiger partial charge is 0.464 e. The lowest BCUT2D eigenvalue weighted by atomic mass is 9.93. The summed E-state index contributed by atoms with van der Waals surface area (Å²) in [5, 5.41) is 4.22. The van der Waals surface area contributed by atoms with E-state index in [0.29, 0.717) is 57.1 Å². The van der Waals surface area contributed by atoms with E-state index in [1.165, 1.54) is 32.1 Å². The third-order valence-electron chi connectivity index (χ3n) is 9.06. The van der Waals surface area contributed by atoms with Crippen molar-refractivity contribution in [1.29, 1.82) is 0 Å². The lowest BCUT2D eigenvalue weighted by Crippen LogP contribution is -2.45. The zero-order valence-corrected chi connectivity index (χ0v) is 32.1. The van der Waals surface area contributed by atoms with Crippen LogP contribution in [0.25, 0.3) is 0 Å². The van der Waals surface area contributed by atoms with E-state index in [2.05, 4.69) is 58.7 Å². The van der Waals surface area contributed by atoms with Gasteiger partial charge in [-0.15, -0.1) is 0 Å². The van der Waals surface area contributed by atoms with Crippen molar-refractivity contribution in [2.45, 2.75) is 84.3 Å². The molecule has 1 fully saturated rings. The van der Waals surface area contributed by atoms with E-state index in [9.17, 15) is 9.59 Å². The first-order valence-corrected chi connectivity index (χ1v) is 18.6. The summed E-state index contributed by atoms with van der Waals surface area (Å²) in [5.41, 5.74) is 10.3. The van der Waals surface area contributed by atoms with Crippen molar-refractivity contribution in [2.24, 2.45) is 0 Å². The molecule has 8 nitrogen and oxygen atoms in total. The maximum Gasteiger partial charge on any atom is 0.338 e. The molecule has 266 valence electrons. The number of nitrogens with two attached hydrogens (primary N) is 1. The van der Waals surface area contributed by atoms with Crippen molar-refractivity contribution < 1.29 is 19.1 Å². The molecular weight excluding hydrogens is 727 g/mol. The van der Waals surface area contributed by atoms with Crippen molar-refractivity contribution in [2.75, 3.05) is 43.9 Å². The minimum absolute atomic E-state index is 0.0776. The summed E-state index contributed by atoms with van der Waals surface area (Å²) in [7, 11) is 0. The highest BCUT2D eigenvalue weighted by Crippen LogP contribution is 2.34. The second-order valence-electron chi connectivity index (χ2n) is 13.5. The lowest BCUT2D eigenvalue weighted by molar-refractivity contribution is -0.143. The Bertz CT molecular complexity index is 1560. The number of nitrogen functional groups attached to an aromatic ring is 1. The number of para-hydroxylation sites is 2. The molecule has 1 aliphatic rings. The van der Waals surface area contributed by atoms with Gasteiger partial charge in [-0.25, -0.2) is 4.79 Å². The van der Waals surface area contributed by atoms with E-state index in [1.54, 1.807) is 24.3 Å². The highest BCUT2D eigenvalue weighted by Gasteiger charge is 2.24. The molecular formula is C38H49BrCl2N4O4. The van der Waals surface area contributed by atoms with Crippen molar-refractivity contribution in [1.82, 2.24) is 9.80 Å². The normalized spacial score (nSPS) is 13.9. The Morgan fingerprint density at radius 1 is 0.939 bits per heavy atom. The number of carbonyl (C=O) groups is 2. The fourth-order valence-electron chi connectivity index (χ4n) is 6.23. The molecule has 1 saturated carbocycles. The van der Waals surface area contributed by atoms with Crippen molar-refractivity contribution in [3.63, 3.8) is 0 Å². The molecule has 0 unspecified atom stereocenters. The van der Waals surface area contributed by atoms with Gasteiger partial charge >= 0.3 is 11.9 Å². The van der Waals surface area contributed by atoms with Gasteiger partial charge in [-0.1, -0.05) is 73.7 Å². The number of hydrogen-bond acceptors (Lipinski definition) is 8. The molecule has 3 aromatic carbocycles. The van der Waals surface area contributed by atoms with Gasteiger partial charge in [0.05, 0.1) is 33.4 Å². The number of anilines is 3. The van der Waals surface area contributed by atoms with Gasteiger partial charge in [-0.2, -0.15) is 0 Å². The van der Waals surface area contributed by atoms with Crippen LogP contribution >= 0.6 is 39.1 Å². The topological polar surface area (TPSA) is 97.1 Å². The average molecular weight is 777 g/mol. The third-order valence-corrected chi connectivity index (χ3v) is 10.3. The van der Waals surface area contributed by atoms with Gasteiger partial charge in [0.25, 0.3) is 0 Å². The van der Waals surface area contributed by atoms with Crippen molar-refractivity contribution >= 4 is 68.1 Å². The van der Waals surface area contributed by atoms with Crippen molar-refractivity contribution in [3.8, 4) is 0 Å². The highest BCUT2D eigenvalue weighted by molar-refractivity contribution is 9.10. The van der Waals surface area contributed by atoms with Crippen LogP contribution in [0.2, 0.25) is 10.0 Å². The van der Waals surface area contributed by atoms with Crippen molar-refractivity contribution in [3.05, 3.63) is 85.8 Å². The molecule has 0 bridgehead atoms. The van der Waals surface area contributed by atoms with Crippen LogP contribution in [0.3, 0.4) is 0 Å². The summed E-state index contributed by atoms with van der Waals surface area (Å²) in [6, 6.07) is 16.9. The van der Waals surface area contributed by atoms with E-state index in [4.69, 9.17) is 38.4 Å². The predicted octanol–water partition coefficient (Wildman–Crippen LogP) is 9.28. The number of carbonyl (C=O) groups excluding carboxylic acids is 2. The molecule has 0 amide bonds.